The number of rotatable bonds is 4. The molecule has 0 atom stereocenters. The average Bonchev–Trinajstić information content (AvgIpc) is 2.47. The van der Waals surface area contributed by atoms with Crippen molar-refractivity contribution in [3.8, 4) is 0 Å². The van der Waals surface area contributed by atoms with Crippen LogP contribution in [0.2, 0.25) is 0 Å². The normalized spacial score (nSPS) is 19.9. The molecule has 1 fully saturated rings. The van der Waals surface area contributed by atoms with Gasteiger partial charge in [-0.1, -0.05) is 62.4 Å². The predicted octanol–water partition coefficient (Wildman–Crippen LogP) is 3.61. The molecule has 3 heteroatoms. The standard InChI is InChI=1S/C18H22O3/c1-14(8-7-11-15-9-5-4-6-10-15)16(19)17-20-12-18(2,3)13-21-17/h4-11,17H,12-13H2,1-3H3. The molecule has 3 nitrogen and oxygen atoms in total. The second kappa shape index (κ2) is 6.83. The van der Waals surface area contributed by atoms with Crippen LogP contribution in [-0.4, -0.2) is 25.3 Å². The third kappa shape index (κ3) is 4.66. The van der Waals surface area contributed by atoms with E-state index in [4.69, 9.17) is 9.47 Å². The summed E-state index contributed by atoms with van der Waals surface area (Å²) >= 11 is 0. The molecular formula is C18H22O3. The number of hydrogen-bond donors (Lipinski definition) is 0. The molecule has 1 aliphatic rings. The third-order valence-electron chi connectivity index (χ3n) is 3.29. The number of ether oxygens (including phenoxy) is 2. The van der Waals surface area contributed by atoms with Gasteiger partial charge in [-0.25, -0.2) is 0 Å². The molecule has 0 N–H and O–H groups in total. The first-order chi connectivity index (χ1) is 9.98. The molecule has 1 heterocycles. The van der Waals surface area contributed by atoms with Crippen molar-refractivity contribution in [1.29, 1.82) is 0 Å². The summed E-state index contributed by atoms with van der Waals surface area (Å²) in [7, 11) is 0. The highest BCUT2D eigenvalue weighted by molar-refractivity contribution is 5.97. The van der Waals surface area contributed by atoms with Crippen LogP contribution in [0.25, 0.3) is 6.08 Å². The Morgan fingerprint density at radius 3 is 2.43 bits per heavy atom. The number of benzene rings is 1. The molecule has 1 aromatic carbocycles. The topological polar surface area (TPSA) is 35.5 Å². The Morgan fingerprint density at radius 2 is 1.81 bits per heavy atom. The maximum atomic E-state index is 12.2. The van der Waals surface area contributed by atoms with Crippen molar-refractivity contribution >= 4 is 11.9 Å². The SMILES string of the molecule is CC(=CC=Cc1ccccc1)C(=O)C1OCC(C)(C)CO1. The number of hydrogen-bond acceptors (Lipinski definition) is 3. The van der Waals surface area contributed by atoms with Crippen molar-refractivity contribution in [1.82, 2.24) is 0 Å². The molecule has 0 amide bonds. The molecular weight excluding hydrogens is 264 g/mol. The summed E-state index contributed by atoms with van der Waals surface area (Å²) < 4.78 is 11.0. The zero-order chi connectivity index (χ0) is 15.3. The monoisotopic (exact) mass is 286 g/mol. The molecule has 0 spiro atoms. The molecule has 2 rings (SSSR count). The van der Waals surface area contributed by atoms with E-state index in [1.54, 1.807) is 13.0 Å². The number of carbonyl (C=O) groups is 1. The van der Waals surface area contributed by atoms with Gasteiger partial charge in [-0.05, 0) is 18.1 Å². The van der Waals surface area contributed by atoms with Crippen molar-refractivity contribution in [3.63, 3.8) is 0 Å². The highest BCUT2D eigenvalue weighted by atomic mass is 16.7. The smallest absolute Gasteiger partial charge is 0.222 e. The molecule has 0 radical (unpaired) electrons. The third-order valence-corrected chi connectivity index (χ3v) is 3.29. The fraction of sp³-hybridized carbons (Fsp3) is 0.389. The van der Waals surface area contributed by atoms with Crippen LogP contribution in [0.3, 0.4) is 0 Å². The Balaban J connectivity index is 1.93. The van der Waals surface area contributed by atoms with Crippen LogP contribution in [0.15, 0.2) is 48.1 Å². The van der Waals surface area contributed by atoms with Gasteiger partial charge in [0.05, 0.1) is 13.2 Å². The summed E-state index contributed by atoms with van der Waals surface area (Å²) in [6.07, 6.45) is 4.86. The van der Waals surface area contributed by atoms with Gasteiger partial charge in [0, 0.05) is 5.41 Å². The fourth-order valence-electron chi connectivity index (χ4n) is 1.98. The van der Waals surface area contributed by atoms with Crippen molar-refractivity contribution in [2.75, 3.05) is 13.2 Å². The summed E-state index contributed by atoms with van der Waals surface area (Å²) in [5.41, 5.74) is 1.70. The van der Waals surface area contributed by atoms with Gasteiger partial charge in [0.15, 0.2) is 0 Å². The lowest BCUT2D eigenvalue weighted by atomic mass is 9.95. The highest BCUT2D eigenvalue weighted by Gasteiger charge is 2.32. The molecule has 0 aromatic heterocycles. The van der Waals surface area contributed by atoms with E-state index in [0.29, 0.717) is 18.8 Å². The molecule has 112 valence electrons. The van der Waals surface area contributed by atoms with Crippen LogP contribution in [0.5, 0.6) is 0 Å². The van der Waals surface area contributed by atoms with Crippen LogP contribution >= 0.6 is 0 Å². The van der Waals surface area contributed by atoms with Crippen LogP contribution in [0.1, 0.15) is 26.3 Å². The minimum absolute atomic E-state index is 0.0262. The first-order valence-corrected chi connectivity index (χ1v) is 7.15. The fourth-order valence-corrected chi connectivity index (χ4v) is 1.98. The maximum absolute atomic E-state index is 12.2. The van der Waals surface area contributed by atoms with Gasteiger partial charge in [-0.3, -0.25) is 4.79 Å². The summed E-state index contributed by atoms with van der Waals surface area (Å²) in [6.45, 7) is 6.97. The zero-order valence-corrected chi connectivity index (χ0v) is 12.8. The molecule has 0 unspecified atom stereocenters. The lowest BCUT2D eigenvalue weighted by Crippen LogP contribution is -2.41. The molecule has 0 aliphatic carbocycles. The van der Waals surface area contributed by atoms with Crippen molar-refractivity contribution < 1.29 is 14.3 Å². The Morgan fingerprint density at radius 1 is 1.19 bits per heavy atom. The van der Waals surface area contributed by atoms with E-state index in [-0.39, 0.29) is 11.2 Å². The summed E-state index contributed by atoms with van der Waals surface area (Å²) in [5, 5.41) is 0. The first kappa shape index (κ1) is 15.7. The average molecular weight is 286 g/mol. The Hall–Kier alpha value is -1.71. The Labute approximate surface area is 126 Å². The Kier molecular flexibility index (Phi) is 5.10. The molecule has 1 aliphatic heterocycles. The largest absolute Gasteiger partial charge is 0.345 e. The van der Waals surface area contributed by atoms with E-state index < -0.39 is 6.29 Å². The number of ketones is 1. The van der Waals surface area contributed by atoms with E-state index in [9.17, 15) is 4.79 Å². The summed E-state index contributed by atoms with van der Waals surface area (Å²) in [5.74, 6) is -0.108. The lowest BCUT2D eigenvalue weighted by Gasteiger charge is -2.33. The van der Waals surface area contributed by atoms with Gasteiger partial charge in [0.1, 0.15) is 0 Å². The Bertz CT molecular complexity index is 531. The summed E-state index contributed by atoms with van der Waals surface area (Å²) in [4.78, 5) is 12.2. The van der Waals surface area contributed by atoms with E-state index >= 15 is 0 Å². The van der Waals surface area contributed by atoms with Gasteiger partial charge in [-0.15, -0.1) is 0 Å². The van der Waals surface area contributed by atoms with Crippen LogP contribution in [0, 0.1) is 5.41 Å². The van der Waals surface area contributed by atoms with Gasteiger partial charge in [0.2, 0.25) is 12.1 Å². The predicted molar refractivity (Wildman–Crippen MR) is 83.7 cm³/mol. The van der Waals surface area contributed by atoms with Crippen LogP contribution in [0.4, 0.5) is 0 Å². The summed E-state index contributed by atoms with van der Waals surface area (Å²) in [6, 6.07) is 9.95. The molecule has 0 bridgehead atoms. The van der Waals surface area contributed by atoms with Crippen LogP contribution < -0.4 is 0 Å². The van der Waals surface area contributed by atoms with E-state index in [2.05, 4.69) is 13.8 Å². The van der Waals surface area contributed by atoms with Crippen molar-refractivity contribution in [2.24, 2.45) is 5.41 Å². The molecule has 0 saturated carbocycles. The van der Waals surface area contributed by atoms with Crippen molar-refractivity contribution in [2.45, 2.75) is 27.1 Å². The maximum Gasteiger partial charge on any atom is 0.222 e. The van der Waals surface area contributed by atoms with Crippen LogP contribution in [-0.2, 0) is 14.3 Å². The van der Waals surface area contributed by atoms with E-state index in [0.717, 1.165) is 5.56 Å². The first-order valence-electron chi connectivity index (χ1n) is 7.15. The van der Waals surface area contributed by atoms with E-state index in [1.807, 2.05) is 42.5 Å². The molecule has 1 aromatic rings. The van der Waals surface area contributed by atoms with Gasteiger partial charge >= 0.3 is 0 Å². The van der Waals surface area contributed by atoms with Crippen molar-refractivity contribution in [3.05, 3.63) is 53.6 Å². The van der Waals surface area contributed by atoms with Gasteiger partial charge in [0.25, 0.3) is 0 Å². The molecule has 1 saturated heterocycles. The number of carbonyl (C=O) groups excluding carboxylic acids is 1. The highest BCUT2D eigenvalue weighted by Crippen LogP contribution is 2.24. The second-order valence-corrected chi connectivity index (χ2v) is 6.10. The second-order valence-electron chi connectivity index (χ2n) is 6.10. The lowest BCUT2D eigenvalue weighted by molar-refractivity contribution is -0.215. The quantitative estimate of drug-likeness (QED) is 0.626. The number of allylic oxidation sites excluding steroid dienone is 2. The van der Waals surface area contributed by atoms with Gasteiger partial charge in [-0.2, -0.15) is 0 Å². The minimum atomic E-state index is -0.764. The number of Topliss-reactive ketones (excluding diaryl/α,β-unsaturated/α-hetero) is 1. The van der Waals surface area contributed by atoms with E-state index in [1.165, 1.54) is 0 Å². The molecule has 21 heavy (non-hydrogen) atoms. The zero-order valence-electron chi connectivity index (χ0n) is 12.8. The van der Waals surface area contributed by atoms with Gasteiger partial charge < -0.3 is 9.47 Å². The minimum Gasteiger partial charge on any atom is -0.345 e.